The lowest BCUT2D eigenvalue weighted by Crippen LogP contribution is -2.35. The van der Waals surface area contributed by atoms with Crippen molar-refractivity contribution in [2.24, 2.45) is 0 Å². The summed E-state index contributed by atoms with van der Waals surface area (Å²) in [4.78, 5) is 2.61. The van der Waals surface area contributed by atoms with Gasteiger partial charge < -0.3 is 4.74 Å². The highest BCUT2D eigenvalue weighted by Crippen LogP contribution is 2.13. The van der Waals surface area contributed by atoms with Gasteiger partial charge in [-0.3, -0.25) is 4.90 Å². The van der Waals surface area contributed by atoms with Gasteiger partial charge in [-0.05, 0) is 44.5 Å². The normalized spacial score (nSPS) is 15.3. The van der Waals surface area contributed by atoms with Crippen LogP contribution in [0.15, 0.2) is 30.6 Å². The molecule has 0 N–H and O–H groups in total. The SMILES string of the molecule is CCCCCCCCCCOC[n+]1cn(CCN2CCCCC2)c2ccccc21. The van der Waals surface area contributed by atoms with Gasteiger partial charge in [0.1, 0.15) is 6.54 Å². The maximum atomic E-state index is 6.02. The van der Waals surface area contributed by atoms with Crippen LogP contribution in [-0.2, 0) is 18.0 Å². The first-order chi connectivity index (χ1) is 14.4. The van der Waals surface area contributed by atoms with E-state index in [1.165, 1.54) is 94.8 Å². The third kappa shape index (κ3) is 7.42. The summed E-state index contributed by atoms with van der Waals surface area (Å²) in [6, 6.07) is 8.73. The van der Waals surface area contributed by atoms with Crippen molar-refractivity contribution in [1.82, 2.24) is 9.47 Å². The number of imidazole rings is 1. The highest BCUT2D eigenvalue weighted by molar-refractivity contribution is 5.71. The first-order valence-electron chi connectivity index (χ1n) is 12.2. The van der Waals surface area contributed by atoms with Crippen LogP contribution < -0.4 is 4.57 Å². The van der Waals surface area contributed by atoms with E-state index in [4.69, 9.17) is 4.74 Å². The minimum absolute atomic E-state index is 0.660. The fourth-order valence-electron chi connectivity index (χ4n) is 4.46. The Morgan fingerprint density at radius 1 is 0.862 bits per heavy atom. The van der Waals surface area contributed by atoms with Crippen LogP contribution in [0.2, 0.25) is 0 Å². The van der Waals surface area contributed by atoms with Gasteiger partial charge in [0.2, 0.25) is 6.33 Å². The molecule has 4 nitrogen and oxygen atoms in total. The molecule has 162 valence electrons. The van der Waals surface area contributed by atoms with Crippen LogP contribution in [0, 0.1) is 0 Å². The van der Waals surface area contributed by atoms with Crippen molar-refractivity contribution >= 4 is 11.0 Å². The molecule has 1 aliphatic heterocycles. The average molecular weight is 401 g/mol. The van der Waals surface area contributed by atoms with Gasteiger partial charge in [0.05, 0.1) is 6.61 Å². The third-order valence-electron chi connectivity index (χ3n) is 6.26. The van der Waals surface area contributed by atoms with Gasteiger partial charge in [-0.15, -0.1) is 0 Å². The Bertz CT molecular complexity index is 690. The van der Waals surface area contributed by atoms with Gasteiger partial charge >= 0.3 is 0 Å². The molecule has 29 heavy (non-hydrogen) atoms. The molecule has 3 rings (SSSR count). The number of aromatic nitrogens is 2. The monoisotopic (exact) mass is 400 g/mol. The number of hydrogen-bond donors (Lipinski definition) is 0. The predicted molar refractivity (Wildman–Crippen MR) is 121 cm³/mol. The summed E-state index contributed by atoms with van der Waals surface area (Å²) >= 11 is 0. The van der Waals surface area contributed by atoms with Gasteiger partial charge in [0, 0.05) is 6.54 Å². The fourth-order valence-corrected chi connectivity index (χ4v) is 4.46. The molecule has 1 aliphatic rings. The van der Waals surface area contributed by atoms with Gasteiger partial charge in [-0.25, -0.2) is 9.13 Å². The number of hydrogen-bond acceptors (Lipinski definition) is 2. The second kappa shape index (κ2) is 13.0. The van der Waals surface area contributed by atoms with Crippen LogP contribution in [0.25, 0.3) is 11.0 Å². The van der Waals surface area contributed by atoms with Crippen LogP contribution in [-0.4, -0.2) is 35.7 Å². The quantitative estimate of drug-likeness (QED) is 0.307. The lowest BCUT2D eigenvalue weighted by atomic mass is 10.1. The second-order valence-corrected chi connectivity index (χ2v) is 8.68. The van der Waals surface area contributed by atoms with Crippen molar-refractivity contribution in [3.8, 4) is 0 Å². The minimum atomic E-state index is 0.660. The Morgan fingerprint density at radius 3 is 2.38 bits per heavy atom. The van der Waals surface area contributed by atoms with Gasteiger partial charge in [-0.2, -0.15) is 0 Å². The number of nitrogens with zero attached hydrogens (tertiary/aromatic N) is 3. The van der Waals surface area contributed by atoms with Crippen LogP contribution in [0.5, 0.6) is 0 Å². The molecule has 0 radical (unpaired) electrons. The molecule has 2 aromatic rings. The molecule has 2 heterocycles. The van der Waals surface area contributed by atoms with E-state index in [9.17, 15) is 0 Å². The summed E-state index contributed by atoms with van der Waals surface area (Å²) in [6.07, 6.45) is 17.1. The van der Waals surface area contributed by atoms with E-state index in [0.29, 0.717) is 6.73 Å². The Kier molecular flexibility index (Phi) is 10.0. The van der Waals surface area contributed by atoms with Crippen molar-refractivity contribution in [3.63, 3.8) is 0 Å². The first-order valence-corrected chi connectivity index (χ1v) is 12.2. The highest BCUT2D eigenvalue weighted by Gasteiger charge is 2.17. The summed E-state index contributed by atoms with van der Waals surface area (Å²) in [7, 11) is 0. The molecular formula is C25H42N3O+. The number of piperidine rings is 1. The number of benzene rings is 1. The van der Waals surface area contributed by atoms with Crippen molar-refractivity contribution in [2.45, 2.75) is 90.8 Å². The molecule has 1 aromatic heterocycles. The standard InChI is InChI=1S/C25H42N3O/c1-2-3-4-5-6-7-8-14-21-29-23-28-22-27(24-15-10-11-16-25(24)28)20-19-26-17-12-9-13-18-26/h10-11,15-16,22H,2-9,12-14,17-21,23H2,1H3/q+1. The predicted octanol–water partition coefficient (Wildman–Crippen LogP) is 5.53. The third-order valence-corrected chi connectivity index (χ3v) is 6.26. The van der Waals surface area contributed by atoms with Crippen LogP contribution in [0.1, 0.15) is 77.6 Å². The van der Waals surface area contributed by atoms with E-state index < -0.39 is 0 Å². The van der Waals surface area contributed by atoms with Crippen molar-refractivity contribution in [3.05, 3.63) is 30.6 Å². The van der Waals surface area contributed by atoms with Gasteiger partial charge in [-0.1, -0.05) is 70.4 Å². The van der Waals surface area contributed by atoms with Gasteiger partial charge in [0.15, 0.2) is 17.8 Å². The topological polar surface area (TPSA) is 21.3 Å². The van der Waals surface area contributed by atoms with Crippen LogP contribution >= 0.6 is 0 Å². The van der Waals surface area contributed by atoms with E-state index in [0.717, 1.165) is 19.7 Å². The minimum Gasteiger partial charge on any atom is -0.342 e. The number of fused-ring (bicyclic) bond motifs is 1. The number of unbranched alkanes of at least 4 members (excludes halogenated alkanes) is 7. The molecule has 1 aromatic carbocycles. The molecule has 0 spiro atoms. The maximum Gasteiger partial charge on any atom is 0.246 e. The Balaban J connectivity index is 1.40. The molecule has 0 aliphatic carbocycles. The van der Waals surface area contributed by atoms with E-state index in [2.05, 4.69) is 51.6 Å². The molecular weight excluding hydrogens is 358 g/mol. The maximum absolute atomic E-state index is 6.02. The fraction of sp³-hybridized carbons (Fsp3) is 0.720. The zero-order valence-electron chi connectivity index (χ0n) is 18.7. The highest BCUT2D eigenvalue weighted by atomic mass is 16.5. The van der Waals surface area contributed by atoms with Crippen LogP contribution in [0.4, 0.5) is 0 Å². The van der Waals surface area contributed by atoms with Crippen molar-refractivity contribution < 1.29 is 9.30 Å². The molecule has 4 heteroatoms. The molecule has 0 atom stereocenters. The Hall–Kier alpha value is -1.39. The van der Waals surface area contributed by atoms with Crippen LogP contribution in [0.3, 0.4) is 0 Å². The second-order valence-electron chi connectivity index (χ2n) is 8.68. The molecule has 0 bridgehead atoms. The lowest BCUT2D eigenvalue weighted by molar-refractivity contribution is -0.710. The smallest absolute Gasteiger partial charge is 0.246 e. The van der Waals surface area contributed by atoms with E-state index in [1.807, 2.05) is 0 Å². The van der Waals surface area contributed by atoms with E-state index >= 15 is 0 Å². The molecule has 1 saturated heterocycles. The summed E-state index contributed by atoms with van der Waals surface area (Å²) in [5.74, 6) is 0. The Labute approximate surface area is 177 Å². The number of para-hydroxylation sites is 2. The average Bonchev–Trinajstić information content (AvgIpc) is 3.12. The molecule has 0 saturated carbocycles. The van der Waals surface area contributed by atoms with Crippen molar-refractivity contribution in [1.29, 1.82) is 0 Å². The van der Waals surface area contributed by atoms with E-state index in [-0.39, 0.29) is 0 Å². The molecule has 1 fully saturated rings. The zero-order chi connectivity index (χ0) is 20.2. The van der Waals surface area contributed by atoms with Crippen molar-refractivity contribution in [2.75, 3.05) is 26.2 Å². The molecule has 0 unspecified atom stereocenters. The summed E-state index contributed by atoms with van der Waals surface area (Å²) in [6.45, 7) is 8.55. The van der Waals surface area contributed by atoms with Gasteiger partial charge in [0.25, 0.3) is 0 Å². The van der Waals surface area contributed by atoms with E-state index in [1.54, 1.807) is 0 Å². The zero-order valence-corrected chi connectivity index (χ0v) is 18.7. The number of rotatable bonds is 14. The summed E-state index contributed by atoms with van der Waals surface area (Å²) in [5, 5.41) is 0. The lowest BCUT2D eigenvalue weighted by Gasteiger charge is -2.25. The largest absolute Gasteiger partial charge is 0.342 e. The molecule has 0 amide bonds. The number of likely N-dealkylation sites (tertiary alicyclic amines) is 1. The summed E-state index contributed by atoms with van der Waals surface area (Å²) in [5.41, 5.74) is 2.60. The summed E-state index contributed by atoms with van der Waals surface area (Å²) < 4.78 is 10.7. The number of ether oxygens (including phenoxy) is 1. The first kappa shape index (κ1) is 22.3. The Morgan fingerprint density at radius 2 is 1.59 bits per heavy atom.